The Hall–Kier alpha value is -1.14. The van der Waals surface area contributed by atoms with Crippen molar-refractivity contribution < 1.29 is 0 Å². The zero-order chi connectivity index (χ0) is 20.8. The Morgan fingerprint density at radius 1 is 0.733 bits per heavy atom. The molecule has 3 aromatic carbocycles. The molecule has 3 aliphatic rings. The van der Waals surface area contributed by atoms with Crippen LogP contribution in [0.5, 0.6) is 0 Å². The Morgan fingerprint density at radius 3 is 1.70 bits per heavy atom. The molecule has 4 unspecified atom stereocenters. The molecule has 0 heterocycles. The summed E-state index contributed by atoms with van der Waals surface area (Å²) in [6, 6.07) is 23.0. The van der Waals surface area contributed by atoms with Crippen LogP contribution < -0.4 is 0 Å². The molecule has 0 amide bonds. The fourth-order valence-corrected chi connectivity index (χ4v) is 7.51. The maximum atomic E-state index is 2.63. The Bertz CT molecular complexity index is 1200. The monoisotopic (exact) mass is 614 g/mol. The smallest absolute Gasteiger partial charge is 0.0155 e. The summed E-state index contributed by atoms with van der Waals surface area (Å²) >= 11 is 4.80. The van der Waals surface area contributed by atoms with Gasteiger partial charge in [-0.05, 0) is 128 Å². The second-order valence-corrected chi connectivity index (χ2v) is 12.1. The molecule has 0 radical (unpaired) electrons. The highest BCUT2D eigenvalue weighted by atomic mass is 127. The van der Waals surface area contributed by atoms with Gasteiger partial charge >= 0.3 is 0 Å². The summed E-state index contributed by atoms with van der Waals surface area (Å²) in [7, 11) is 0. The molecule has 0 nitrogen and oxygen atoms in total. The first kappa shape index (κ1) is 19.5. The Balaban J connectivity index is 1.61. The third-order valence-corrected chi connectivity index (χ3v) is 9.15. The van der Waals surface area contributed by atoms with E-state index in [9.17, 15) is 0 Å². The molecule has 3 aromatic rings. The summed E-state index contributed by atoms with van der Waals surface area (Å²) in [5, 5.41) is 0. The lowest BCUT2D eigenvalue weighted by molar-refractivity contribution is 0.384. The lowest BCUT2D eigenvalue weighted by Gasteiger charge is -2.37. The fraction of sp³-hybridized carbons (Fsp3) is 0.286. The van der Waals surface area contributed by atoms with Crippen LogP contribution in [0.2, 0.25) is 0 Å². The molecule has 0 aromatic heterocycles. The van der Waals surface area contributed by atoms with E-state index in [1.165, 1.54) is 29.4 Å². The predicted octanol–water partition coefficient (Wildman–Crippen LogP) is 8.64. The molecule has 1 saturated carbocycles. The van der Waals surface area contributed by atoms with Gasteiger partial charge in [-0.3, -0.25) is 0 Å². The first-order chi connectivity index (χ1) is 14.4. The number of allylic oxidation sites excluding steroid dienone is 2. The molecule has 4 atom stereocenters. The molecule has 3 aliphatic carbocycles. The van der Waals surface area contributed by atoms with E-state index in [1.54, 1.807) is 16.7 Å². The van der Waals surface area contributed by atoms with Gasteiger partial charge in [0.05, 0.1) is 0 Å². The van der Waals surface area contributed by atoms with Crippen molar-refractivity contribution in [1.82, 2.24) is 0 Å². The van der Waals surface area contributed by atoms with Crippen molar-refractivity contribution in [2.24, 2.45) is 17.3 Å². The molecule has 30 heavy (non-hydrogen) atoms. The maximum Gasteiger partial charge on any atom is 0.0155 e. The summed E-state index contributed by atoms with van der Waals surface area (Å²) in [4.78, 5) is 0. The minimum Gasteiger partial charge on any atom is -0.0769 e. The first-order valence-electron chi connectivity index (χ1n) is 10.8. The SMILES string of the molecule is CC1=CC23C1c1c(-c4ccc(I)cc4)ccc(-c4ccc(I)cc4)c1C2C3C(C)C. The number of halogens is 2. The summed E-state index contributed by atoms with van der Waals surface area (Å²) in [5.41, 5.74) is 10.9. The van der Waals surface area contributed by atoms with Crippen LogP contribution in [0.15, 0.2) is 72.3 Å². The van der Waals surface area contributed by atoms with E-state index in [0.29, 0.717) is 17.3 Å². The van der Waals surface area contributed by atoms with Crippen LogP contribution in [0.25, 0.3) is 22.3 Å². The van der Waals surface area contributed by atoms with Crippen LogP contribution in [0, 0.1) is 24.4 Å². The summed E-state index contributed by atoms with van der Waals surface area (Å²) < 4.78 is 2.59. The number of fused-ring (bicyclic) bond motifs is 3. The van der Waals surface area contributed by atoms with Gasteiger partial charge in [-0.15, -0.1) is 0 Å². The predicted molar refractivity (Wildman–Crippen MR) is 143 cm³/mol. The Labute approximate surface area is 206 Å². The number of hydrogen-bond donors (Lipinski definition) is 0. The quantitative estimate of drug-likeness (QED) is 0.205. The van der Waals surface area contributed by atoms with Gasteiger partial charge in [-0.1, -0.05) is 61.9 Å². The third kappa shape index (κ3) is 2.49. The van der Waals surface area contributed by atoms with Gasteiger partial charge in [-0.25, -0.2) is 0 Å². The second kappa shape index (κ2) is 6.68. The van der Waals surface area contributed by atoms with E-state index in [0.717, 1.165) is 11.8 Å². The topological polar surface area (TPSA) is 0 Å². The van der Waals surface area contributed by atoms with Crippen LogP contribution in [0.1, 0.15) is 43.7 Å². The highest BCUT2D eigenvalue weighted by Gasteiger charge is 2.76. The van der Waals surface area contributed by atoms with Crippen molar-refractivity contribution in [3.05, 3.63) is 90.6 Å². The van der Waals surface area contributed by atoms with E-state index in [-0.39, 0.29) is 0 Å². The van der Waals surface area contributed by atoms with Gasteiger partial charge in [0.2, 0.25) is 0 Å². The Kier molecular flexibility index (Phi) is 4.35. The molecule has 0 N–H and O–H groups in total. The average Bonchev–Trinajstić information content (AvgIpc) is 3.33. The van der Waals surface area contributed by atoms with Crippen LogP contribution in [-0.2, 0) is 0 Å². The number of benzene rings is 3. The standard InChI is InChI=1S/C28H24I2/c1-15(2)25-27-24-22(18-6-10-20(30)11-7-18)13-12-21(17-4-8-19(29)9-5-17)23(24)26-16(3)14-28(25,26)27/h4-15,25-27H,1-3H3. The fourth-order valence-electron chi connectivity index (χ4n) is 6.79. The van der Waals surface area contributed by atoms with Crippen molar-refractivity contribution in [1.29, 1.82) is 0 Å². The minimum absolute atomic E-state index is 0.387. The van der Waals surface area contributed by atoms with Gasteiger partial charge in [0, 0.05) is 18.5 Å². The van der Waals surface area contributed by atoms with Crippen LogP contribution in [0.4, 0.5) is 0 Å². The molecule has 1 fully saturated rings. The molecule has 6 rings (SSSR count). The van der Waals surface area contributed by atoms with Crippen molar-refractivity contribution in [3.8, 4) is 22.3 Å². The molecule has 1 spiro atoms. The average molecular weight is 614 g/mol. The largest absolute Gasteiger partial charge is 0.0769 e. The molecule has 0 saturated heterocycles. The van der Waals surface area contributed by atoms with E-state index < -0.39 is 0 Å². The Morgan fingerprint density at radius 2 is 1.23 bits per heavy atom. The summed E-state index contributed by atoms with van der Waals surface area (Å²) in [6.07, 6.45) is 2.63. The lowest BCUT2D eigenvalue weighted by Crippen LogP contribution is -2.25. The number of hydrogen-bond acceptors (Lipinski definition) is 0. The zero-order valence-corrected chi connectivity index (χ0v) is 21.7. The number of rotatable bonds is 3. The van der Waals surface area contributed by atoms with Gasteiger partial charge in [0.1, 0.15) is 0 Å². The second-order valence-electron chi connectivity index (χ2n) is 9.57. The highest BCUT2D eigenvalue weighted by molar-refractivity contribution is 14.1. The van der Waals surface area contributed by atoms with Gasteiger partial charge < -0.3 is 0 Å². The van der Waals surface area contributed by atoms with Gasteiger partial charge in [-0.2, -0.15) is 0 Å². The molecule has 150 valence electrons. The maximum absolute atomic E-state index is 2.63. The minimum atomic E-state index is 0.387. The van der Waals surface area contributed by atoms with E-state index >= 15 is 0 Å². The zero-order valence-electron chi connectivity index (χ0n) is 17.4. The van der Waals surface area contributed by atoms with Crippen molar-refractivity contribution in [3.63, 3.8) is 0 Å². The van der Waals surface area contributed by atoms with Crippen molar-refractivity contribution in [2.75, 3.05) is 0 Å². The third-order valence-electron chi connectivity index (χ3n) is 7.71. The van der Waals surface area contributed by atoms with Crippen molar-refractivity contribution >= 4 is 45.2 Å². The molecular formula is C28H24I2. The first-order valence-corrected chi connectivity index (χ1v) is 13.0. The summed E-state index contributed by atoms with van der Waals surface area (Å²) in [6.45, 7) is 7.19. The lowest BCUT2D eigenvalue weighted by atomic mass is 9.66. The van der Waals surface area contributed by atoms with E-state index in [4.69, 9.17) is 0 Å². The highest BCUT2D eigenvalue weighted by Crippen LogP contribution is 2.86. The van der Waals surface area contributed by atoms with Crippen molar-refractivity contribution in [2.45, 2.75) is 32.6 Å². The van der Waals surface area contributed by atoms with Crippen LogP contribution in [-0.4, -0.2) is 0 Å². The molecule has 2 heteroatoms. The molecule has 0 bridgehead atoms. The van der Waals surface area contributed by atoms with E-state index in [1.807, 2.05) is 0 Å². The van der Waals surface area contributed by atoms with E-state index in [2.05, 4.69) is 133 Å². The van der Waals surface area contributed by atoms with Crippen LogP contribution >= 0.6 is 45.2 Å². The summed E-state index contributed by atoms with van der Waals surface area (Å²) in [5.74, 6) is 2.79. The van der Waals surface area contributed by atoms with Gasteiger partial charge in [0.25, 0.3) is 0 Å². The normalized spacial score (nSPS) is 27.8. The molecule has 0 aliphatic heterocycles. The van der Waals surface area contributed by atoms with Crippen LogP contribution in [0.3, 0.4) is 0 Å². The van der Waals surface area contributed by atoms with Gasteiger partial charge in [0.15, 0.2) is 0 Å². The molecular weight excluding hydrogens is 590 g/mol.